The normalized spacial score (nSPS) is 14.4. The van der Waals surface area contributed by atoms with E-state index in [9.17, 15) is 4.79 Å². The van der Waals surface area contributed by atoms with Crippen molar-refractivity contribution >= 4 is 17.2 Å². The Labute approximate surface area is 101 Å². The van der Waals surface area contributed by atoms with Crippen LogP contribution in [0.5, 0.6) is 0 Å². The maximum absolute atomic E-state index is 11.9. The molecule has 0 aliphatic heterocycles. The van der Waals surface area contributed by atoms with Crippen LogP contribution in [0.3, 0.4) is 0 Å². The van der Waals surface area contributed by atoms with Gasteiger partial charge in [0.05, 0.1) is 12.0 Å². The third-order valence-corrected chi connectivity index (χ3v) is 3.68. The van der Waals surface area contributed by atoms with Gasteiger partial charge in [-0.05, 0) is 24.8 Å². The molecule has 16 heavy (non-hydrogen) atoms. The molecule has 0 saturated carbocycles. The molecule has 90 valence electrons. The van der Waals surface area contributed by atoms with Gasteiger partial charge in [0.25, 0.3) is 0 Å². The molecule has 0 radical (unpaired) electrons. The van der Waals surface area contributed by atoms with Crippen LogP contribution in [-0.2, 0) is 4.79 Å². The molecule has 0 aliphatic rings. The number of nitrogens with two attached hydrogens (primary N) is 1. The summed E-state index contributed by atoms with van der Waals surface area (Å²) in [6, 6.07) is 4.11. The molecule has 0 saturated heterocycles. The highest BCUT2D eigenvalue weighted by molar-refractivity contribution is 7.10. The smallest absolute Gasteiger partial charge is 0.224 e. The van der Waals surface area contributed by atoms with Gasteiger partial charge in [-0.15, -0.1) is 11.3 Å². The molecule has 1 aromatic rings. The summed E-state index contributed by atoms with van der Waals surface area (Å²) in [7, 11) is 0. The van der Waals surface area contributed by atoms with Gasteiger partial charge < -0.3 is 11.1 Å². The maximum atomic E-state index is 11.9. The minimum absolute atomic E-state index is 0.0487. The van der Waals surface area contributed by atoms with Crippen molar-refractivity contribution < 1.29 is 4.79 Å². The number of rotatable bonds is 6. The quantitative estimate of drug-likeness (QED) is 0.801. The van der Waals surface area contributed by atoms with Gasteiger partial charge in [-0.1, -0.05) is 19.4 Å². The van der Waals surface area contributed by atoms with Crippen LogP contribution in [0.15, 0.2) is 17.5 Å². The minimum Gasteiger partial charge on any atom is -0.348 e. The van der Waals surface area contributed by atoms with E-state index in [1.807, 2.05) is 24.4 Å². The fraction of sp³-hybridized carbons (Fsp3) is 0.583. The SMILES string of the molecule is CCCC(CN)C(=O)NC(C)c1cccs1. The summed E-state index contributed by atoms with van der Waals surface area (Å²) in [6.07, 6.45) is 1.85. The summed E-state index contributed by atoms with van der Waals surface area (Å²) in [5, 5.41) is 5.03. The number of hydrogen-bond donors (Lipinski definition) is 2. The first-order valence-electron chi connectivity index (χ1n) is 5.72. The van der Waals surface area contributed by atoms with Gasteiger partial charge in [0.15, 0.2) is 0 Å². The molecule has 0 spiro atoms. The van der Waals surface area contributed by atoms with Crippen molar-refractivity contribution in [2.75, 3.05) is 6.54 Å². The molecular formula is C12H20N2OS. The molecule has 1 rings (SSSR count). The molecule has 1 amide bonds. The third-order valence-electron chi connectivity index (χ3n) is 2.62. The summed E-state index contributed by atoms with van der Waals surface area (Å²) in [6.45, 7) is 4.50. The highest BCUT2D eigenvalue weighted by Crippen LogP contribution is 2.18. The predicted octanol–water partition coefficient (Wildman–Crippen LogP) is 2.30. The summed E-state index contributed by atoms with van der Waals surface area (Å²) in [5.74, 6) is 0.0256. The Morgan fingerprint density at radius 3 is 2.88 bits per heavy atom. The number of thiophene rings is 1. The summed E-state index contributed by atoms with van der Waals surface area (Å²) in [4.78, 5) is 13.1. The van der Waals surface area contributed by atoms with Gasteiger partial charge in [0, 0.05) is 11.4 Å². The molecular weight excluding hydrogens is 220 g/mol. The molecule has 1 aromatic heterocycles. The van der Waals surface area contributed by atoms with Crippen molar-refractivity contribution in [3.8, 4) is 0 Å². The van der Waals surface area contributed by atoms with Gasteiger partial charge >= 0.3 is 0 Å². The Bertz CT molecular complexity index is 311. The number of carbonyl (C=O) groups is 1. The average molecular weight is 240 g/mol. The van der Waals surface area contributed by atoms with Gasteiger partial charge in [0.2, 0.25) is 5.91 Å². The second-order valence-corrected chi connectivity index (χ2v) is 4.95. The Morgan fingerprint density at radius 2 is 2.38 bits per heavy atom. The first kappa shape index (κ1) is 13.2. The molecule has 0 aliphatic carbocycles. The molecule has 4 heteroatoms. The zero-order valence-corrected chi connectivity index (χ0v) is 10.7. The van der Waals surface area contributed by atoms with E-state index in [-0.39, 0.29) is 17.9 Å². The van der Waals surface area contributed by atoms with Crippen molar-refractivity contribution in [2.24, 2.45) is 11.7 Å². The summed E-state index contributed by atoms with van der Waals surface area (Å²) >= 11 is 1.66. The van der Waals surface area contributed by atoms with Crippen LogP contribution in [-0.4, -0.2) is 12.5 Å². The Morgan fingerprint density at radius 1 is 1.62 bits per heavy atom. The minimum atomic E-state index is -0.0487. The molecule has 2 unspecified atom stereocenters. The second-order valence-electron chi connectivity index (χ2n) is 3.97. The van der Waals surface area contributed by atoms with Crippen LogP contribution >= 0.6 is 11.3 Å². The summed E-state index contributed by atoms with van der Waals surface area (Å²) in [5.41, 5.74) is 5.60. The Balaban J connectivity index is 2.50. The van der Waals surface area contributed by atoms with E-state index in [4.69, 9.17) is 5.73 Å². The first-order chi connectivity index (χ1) is 7.69. The van der Waals surface area contributed by atoms with E-state index < -0.39 is 0 Å². The molecule has 3 nitrogen and oxygen atoms in total. The van der Waals surface area contributed by atoms with Crippen LogP contribution in [0.2, 0.25) is 0 Å². The fourth-order valence-corrected chi connectivity index (χ4v) is 2.38. The number of amides is 1. The molecule has 2 atom stereocenters. The maximum Gasteiger partial charge on any atom is 0.224 e. The number of carbonyl (C=O) groups excluding carboxylic acids is 1. The van der Waals surface area contributed by atoms with Crippen molar-refractivity contribution in [3.05, 3.63) is 22.4 Å². The van der Waals surface area contributed by atoms with Crippen molar-refractivity contribution in [3.63, 3.8) is 0 Å². The lowest BCUT2D eigenvalue weighted by molar-refractivity contribution is -0.125. The van der Waals surface area contributed by atoms with E-state index in [0.29, 0.717) is 6.54 Å². The van der Waals surface area contributed by atoms with E-state index in [1.54, 1.807) is 11.3 Å². The summed E-state index contributed by atoms with van der Waals surface area (Å²) < 4.78 is 0. The lowest BCUT2D eigenvalue weighted by Crippen LogP contribution is -2.36. The van der Waals surface area contributed by atoms with Crippen LogP contribution in [0.25, 0.3) is 0 Å². The van der Waals surface area contributed by atoms with E-state index in [1.165, 1.54) is 4.88 Å². The second kappa shape index (κ2) is 6.66. The predicted molar refractivity (Wildman–Crippen MR) is 68.3 cm³/mol. The van der Waals surface area contributed by atoms with E-state index >= 15 is 0 Å². The Hall–Kier alpha value is -0.870. The van der Waals surface area contributed by atoms with Gasteiger partial charge in [-0.2, -0.15) is 0 Å². The van der Waals surface area contributed by atoms with Crippen molar-refractivity contribution in [2.45, 2.75) is 32.7 Å². The average Bonchev–Trinajstić information content (AvgIpc) is 2.78. The van der Waals surface area contributed by atoms with Crippen LogP contribution in [0.4, 0.5) is 0 Å². The molecule has 0 bridgehead atoms. The zero-order valence-electron chi connectivity index (χ0n) is 9.90. The largest absolute Gasteiger partial charge is 0.348 e. The third kappa shape index (κ3) is 3.61. The molecule has 0 aromatic carbocycles. The van der Waals surface area contributed by atoms with Gasteiger partial charge in [-0.25, -0.2) is 0 Å². The standard InChI is InChI=1S/C12H20N2OS/c1-3-5-10(8-13)12(15)14-9(2)11-6-4-7-16-11/h4,6-7,9-10H,3,5,8,13H2,1-2H3,(H,14,15). The fourth-order valence-electron chi connectivity index (χ4n) is 1.64. The van der Waals surface area contributed by atoms with E-state index in [2.05, 4.69) is 12.2 Å². The van der Waals surface area contributed by atoms with E-state index in [0.717, 1.165) is 12.8 Å². The Kier molecular flexibility index (Phi) is 5.49. The van der Waals surface area contributed by atoms with Crippen LogP contribution < -0.4 is 11.1 Å². The van der Waals surface area contributed by atoms with Crippen LogP contribution in [0.1, 0.15) is 37.6 Å². The highest BCUT2D eigenvalue weighted by atomic mass is 32.1. The van der Waals surface area contributed by atoms with Gasteiger partial charge in [0.1, 0.15) is 0 Å². The number of hydrogen-bond acceptors (Lipinski definition) is 3. The molecule has 3 N–H and O–H groups in total. The molecule has 0 fully saturated rings. The lowest BCUT2D eigenvalue weighted by atomic mass is 10.0. The first-order valence-corrected chi connectivity index (χ1v) is 6.60. The highest BCUT2D eigenvalue weighted by Gasteiger charge is 2.18. The van der Waals surface area contributed by atoms with Crippen LogP contribution in [0, 0.1) is 5.92 Å². The van der Waals surface area contributed by atoms with Gasteiger partial charge in [-0.3, -0.25) is 4.79 Å². The lowest BCUT2D eigenvalue weighted by Gasteiger charge is -2.17. The zero-order chi connectivity index (χ0) is 12.0. The topological polar surface area (TPSA) is 55.1 Å². The monoisotopic (exact) mass is 240 g/mol. The number of nitrogens with one attached hydrogen (secondary N) is 1. The van der Waals surface area contributed by atoms with Crippen molar-refractivity contribution in [1.29, 1.82) is 0 Å². The van der Waals surface area contributed by atoms with Crippen molar-refractivity contribution in [1.82, 2.24) is 5.32 Å². The molecule has 1 heterocycles.